The van der Waals surface area contributed by atoms with Gasteiger partial charge in [-0.1, -0.05) is 30.0 Å². The minimum Gasteiger partial charge on any atom is -0.497 e. The summed E-state index contributed by atoms with van der Waals surface area (Å²) in [7, 11) is 3.35. The number of amides is 1. The third-order valence-corrected chi connectivity index (χ3v) is 4.62. The molecular formula is C18H17FN4O2S. The van der Waals surface area contributed by atoms with Crippen LogP contribution in [0.5, 0.6) is 5.75 Å². The number of carbonyl (C=O) groups excluding carboxylic acids is 1. The molecule has 8 heteroatoms. The van der Waals surface area contributed by atoms with Crippen molar-refractivity contribution in [3.8, 4) is 17.1 Å². The minimum absolute atomic E-state index is 0.168. The number of methoxy groups -OCH3 is 1. The molecule has 0 aliphatic carbocycles. The molecule has 0 spiro atoms. The number of thioether (sulfide) groups is 1. The second-order valence-corrected chi connectivity index (χ2v) is 6.39. The first-order valence-corrected chi connectivity index (χ1v) is 8.77. The number of nitrogens with one attached hydrogen (secondary N) is 1. The van der Waals surface area contributed by atoms with Crippen LogP contribution in [-0.4, -0.2) is 33.5 Å². The average molecular weight is 372 g/mol. The molecule has 2 aromatic carbocycles. The van der Waals surface area contributed by atoms with Crippen molar-refractivity contribution in [1.82, 2.24) is 14.8 Å². The Labute approximate surface area is 154 Å². The van der Waals surface area contributed by atoms with Gasteiger partial charge in [-0.25, -0.2) is 4.39 Å². The summed E-state index contributed by atoms with van der Waals surface area (Å²) in [5.74, 6) is 0.881. The Hall–Kier alpha value is -2.87. The first-order valence-electron chi connectivity index (χ1n) is 7.79. The molecule has 0 radical (unpaired) electrons. The van der Waals surface area contributed by atoms with Crippen molar-refractivity contribution < 1.29 is 13.9 Å². The molecule has 1 aromatic heterocycles. The number of benzene rings is 2. The Morgan fingerprint density at radius 3 is 2.81 bits per heavy atom. The highest BCUT2D eigenvalue weighted by Crippen LogP contribution is 2.23. The summed E-state index contributed by atoms with van der Waals surface area (Å²) in [4.78, 5) is 12.1. The number of anilines is 1. The molecule has 3 aromatic rings. The van der Waals surface area contributed by atoms with E-state index in [1.165, 1.54) is 23.9 Å². The summed E-state index contributed by atoms with van der Waals surface area (Å²) in [6.45, 7) is 0. The monoisotopic (exact) mass is 372 g/mol. The van der Waals surface area contributed by atoms with Gasteiger partial charge in [0.2, 0.25) is 5.91 Å². The van der Waals surface area contributed by atoms with E-state index in [4.69, 9.17) is 4.74 Å². The molecule has 0 saturated carbocycles. The molecule has 0 fully saturated rings. The maximum atomic E-state index is 13.4. The molecule has 0 unspecified atom stereocenters. The van der Waals surface area contributed by atoms with Gasteiger partial charge in [-0.05, 0) is 24.3 Å². The van der Waals surface area contributed by atoms with Crippen LogP contribution in [0.1, 0.15) is 0 Å². The molecule has 0 aliphatic rings. The zero-order chi connectivity index (χ0) is 18.5. The first-order chi connectivity index (χ1) is 12.6. The van der Waals surface area contributed by atoms with Crippen LogP contribution in [0.15, 0.2) is 53.7 Å². The molecule has 1 heterocycles. The molecular weight excluding hydrogens is 355 g/mol. The SMILES string of the molecule is COc1cccc(NC(=O)CSc2nnc(-c3cccc(F)c3)n2C)c1. The van der Waals surface area contributed by atoms with Gasteiger partial charge in [0.05, 0.1) is 12.9 Å². The zero-order valence-electron chi connectivity index (χ0n) is 14.3. The number of carbonyl (C=O) groups is 1. The lowest BCUT2D eigenvalue weighted by atomic mass is 10.2. The number of halogens is 1. The zero-order valence-corrected chi connectivity index (χ0v) is 15.1. The van der Waals surface area contributed by atoms with Crippen LogP contribution in [0.2, 0.25) is 0 Å². The van der Waals surface area contributed by atoms with E-state index in [0.717, 1.165) is 0 Å². The van der Waals surface area contributed by atoms with Gasteiger partial charge in [0.15, 0.2) is 11.0 Å². The Morgan fingerprint density at radius 1 is 1.23 bits per heavy atom. The van der Waals surface area contributed by atoms with Crippen LogP contribution in [0.25, 0.3) is 11.4 Å². The first kappa shape index (κ1) is 17.9. The number of hydrogen-bond acceptors (Lipinski definition) is 5. The van der Waals surface area contributed by atoms with E-state index in [2.05, 4.69) is 15.5 Å². The highest BCUT2D eigenvalue weighted by Gasteiger charge is 2.13. The number of hydrogen-bond donors (Lipinski definition) is 1. The van der Waals surface area contributed by atoms with Crippen molar-refractivity contribution in [2.45, 2.75) is 5.16 Å². The normalized spacial score (nSPS) is 10.6. The smallest absolute Gasteiger partial charge is 0.234 e. The van der Waals surface area contributed by atoms with Crippen LogP contribution in [0, 0.1) is 5.82 Å². The van der Waals surface area contributed by atoms with Gasteiger partial charge < -0.3 is 14.6 Å². The quantitative estimate of drug-likeness (QED) is 0.672. The largest absolute Gasteiger partial charge is 0.497 e. The van der Waals surface area contributed by atoms with Crippen molar-refractivity contribution in [3.63, 3.8) is 0 Å². The summed E-state index contributed by atoms with van der Waals surface area (Å²) < 4.78 is 20.2. The van der Waals surface area contributed by atoms with Gasteiger partial charge in [-0.3, -0.25) is 4.79 Å². The number of ether oxygens (including phenoxy) is 1. The van der Waals surface area contributed by atoms with Crippen molar-refractivity contribution in [2.24, 2.45) is 7.05 Å². The van der Waals surface area contributed by atoms with Crippen molar-refractivity contribution in [1.29, 1.82) is 0 Å². The van der Waals surface area contributed by atoms with Crippen LogP contribution in [0.3, 0.4) is 0 Å². The van der Waals surface area contributed by atoms with Crippen LogP contribution < -0.4 is 10.1 Å². The maximum absolute atomic E-state index is 13.4. The van der Waals surface area contributed by atoms with E-state index < -0.39 is 0 Å². The second-order valence-electron chi connectivity index (χ2n) is 5.44. The lowest BCUT2D eigenvalue weighted by Crippen LogP contribution is -2.14. The molecule has 0 saturated heterocycles. The summed E-state index contributed by atoms with van der Waals surface area (Å²) in [5.41, 5.74) is 1.29. The molecule has 1 N–H and O–H groups in total. The summed E-state index contributed by atoms with van der Waals surface area (Å²) in [6, 6.07) is 13.3. The van der Waals surface area contributed by atoms with Crippen molar-refractivity contribution in [3.05, 3.63) is 54.3 Å². The van der Waals surface area contributed by atoms with E-state index in [1.807, 2.05) is 0 Å². The van der Waals surface area contributed by atoms with Gasteiger partial charge in [-0.15, -0.1) is 10.2 Å². The minimum atomic E-state index is -0.336. The van der Waals surface area contributed by atoms with Gasteiger partial charge in [-0.2, -0.15) is 0 Å². The third kappa shape index (κ3) is 4.20. The van der Waals surface area contributed by atoms with E-state index in [0.29, 0.717) is 28.0 Å². The third-order valence-electron chi connectivity index (χ3n) is 3.60. The van der Waals surface area contributed by atoms with E-state index in [9.17, 15) is 9.18 Å². The highest BCUT2D eigenvalue weighted by molar-refractivity contribution is 7.99. The molecule has 3 rings (SSSR count). The van der Waals surface area contributed by atoms with Crippen LogP contribution in [0.4, 0.5) is 10.1 Å². The van der Waals surface area contributed by atoms with Crippen LogP contribution >= 0.6 is 11.8 Å². The molecule has 0 aliphatic heterocycles. The fourth-order valence-corrected chi connectivity index (χ4v) is 3.06. The fourth-order valence-electron chi connectivity index (χ4n) is 2.35. The highest BCUT2D eigenvalue weighted by atomic mass is 32.2. The standard InChI is InChI=1S/C18H17FN4O2S/c1-23-17(12-5-3-6-13(19)9-12)21-22-18(23)26-11-16(24)20-14-7-4-8-15(10-14)25-2/h3-10H,11H2,1-2H3,(H,20,24). The predicted octanol–water partition coefficient (Wildman–Crippen LogP) is 3.36. The van der Waals surface area contributed by atoms with Crippen LogP contribution in [-0.2, 0) is 11.8 Å². The Kier molecular flexibility index (Phi) is 5.52. The summed E-state index contributed by atoms with van der Waals surface area (Å²) in [5, 5.41) is 11.6. The fraction of sp³-hybridized carbons (Fsp3) is 0.167. The number of nitrogens with zero attached hydrogens (tertiary/aromatic N) is 3. The van der Waals surface area contributed by atoms with Crippen molar-refractivity contribution >= 4 is 23.4 Å². The Balaban J connectivity index is 1.64. The predicted molar refractivity (Wildman–Crippen MR) is 98.7 cm³/mol. The number of rotatable bonds is 6. The van der Waals surface area contributed by atoms with Gasteiger partial charge in [0.1, 0.15) is 11.6 Å². The molecule has 26 heavy (non-hydrogen) atoms. The lowest BCUT2D eigenvalue weighted by Gasteiger charge is -2.07. The average Bonchev–Trinajstić information content (AvgIpc) is 3.01. The van der Waals surface area contributed by atoms with E-state index >= 15 is 0 Å². The maximum Gasteiger partial charge on any atom is 0.234 e. The van der Waals surface area contributed by atoms with E-state index in [-0.39, 0.29) is 17.5 Å². The summed E-state index contributed by atoms with van der Waals surface area (Å²) >= 11 is 1.26. The van der Waals surface area contributed by atoms with Gasteiger partial charge >= 0.3 is 0 Å². The lowest BCUT2D eigenvalue weighted by molar-refractivity contribution is -0.113. The molecule has 134 valence electrons. The molecule has 1 amide bonds. The molecule has 0 bridgehead atoms. The Bertz CT molecular complexity index is 929. The van der Waals surface area contributed by atoms with Crippen molar-refractivity contribution in [2.75, 3.05) is 18.2 Å². The summed E-state index contributed by atoms with van der Waals surface area (Å²) in [6.07, 6.45) is 0. The molecule has 0 atom stereocenters. The topological polar surface area (TPSA) is 69.0 Å². The molecule has 6 nitrogen and oxygen atoms in total. The van der Waals surface area contributed by atoms with Gasteiger partial charge in [0.25, 0.3) is 0 Å². The van der Waals surface area contributed by atoms with E-state index in [1.54, 1.807) is 55.1 Å². The Morgan fingerprint density at radius 2 is 2.04 bits per heavy atom. The second kappa shape index (κ2) is 8.01. The van der Waals surface area contributed by atoms with Gasteiger partial charge in [0, 0.05) is 24.4 Å². The number of aromatic nitrogens is 3.